The number of thiazole rings is 1. The van der Waals surface area contributed by atoms with Gasteiger partial charge in [0, 0.05) is 41.4 Å². The van der Waals surface area contributed by atoms with Crippen LogP contribution in [0.25, 0.3) is 15.9 Å². The van der Waals surface area contributed by atoms with E-state index in [1.54, 1.807) is 17.4 Å². The van der Waals surface area contributed by atoms with Crippen LogP contribution in [0.15, 0.2) is 42.2 Å². The van der Waals surface area contributed by atoms with Crippen molar-refractivity contribution < 1.29 is 9.18 Å². The number of rotatable bonds is 5. The number of nitrogens with one attached hydrogen (secondary N) is 2. The van der Waals surface area contributed by atoms with Crippen LogP contribution in [-0.4, -0.2) is 26.8 Å². The zero-order chi connectivity index (χ0) is 16.5. The third-order valence-corrected chi connectivity index (χ3v) is 4.70. The second kappa shape index (κ2) is 6.09. The third kappa shape index (κ3) is 2.90. The lowest BCUT2D eigenvalue weighted by atomic mass is 10.1. The largest absolute Gasteiger partial charge is 0.361 e. The van der Waals surface area contributed by atoms with E-state index in [-0.39, 0.29) is 18.1 Å². The number of amides is 1. The van der Waals surface area contributed by atoms with Gasteiger partial charge in [-0.1, -0.05) is 0 Å². The van der Waals surface area contributed by atoms with Crippen LogP contribution in [0.3, 0.4) is 0 Å². The number of H-pyrrole nitrogens is 1. The molecule has 1 amide bonds. The average molecular weight is 342 g/mol. The van der Waals surface area contributed by atoms with Gasteiger partial charge in [-0.05, 0) is 30.2 Å². The molecule has 0 aliphatic heterocycles. The Kier molecular flexibility index (Phi) is 3.78. The number of benzene rings is 1. The van der Waals surface area contributed by atoms with Gasteiger partial charge in [-0.3, -0.25) is 9.20 Å². The molecule has 3 aromatic heterocycles. The predicted octanol–water partition coefficient (Wildman–Crippen LogP) is 2.92. The summed E-state index contributed by atoms with van der Waals surface area (Å²) in [5.74, 6) is -0.309. The number of imidazole rings is 1. The van der Waals surface area contributed by atoms with Crippen molar-refractivity contribution in [2.24, 2.45) is 0 Å². The molecule has 5 nitrogen and oxygen atoms in total. The Morgan fingerprint density at radius 2 is 2.33 bits per heavy atom. The van der Waals surface area contributed by atoms with Crippen LogP contribution in [0.4, 0.5) is 4.39 Å². The Hall–Kier alpha value is -2.67. The Labute approximate surface area is 141 Å². The van der Waals surface area contributed by atoms with Crippen LogP contribution < -0.4 is 5.32 Å². The van der Waals surface area contributed by atoms with Crippen LogP contribution in [0.5, 0.6) is 0 Å². The molecule has 0 aliphatic rings. The molecule has 0 fully saturated rings. The first-order valence-corrected chi connectivity index (χ1v) is 8.50. The summed E-state index contributed by atoms with van der Waals surface area (Å²) in [5.41, 5.74) is 2.60. The van der Waals surface area contributed by atoms with Crippen molar-refractivity contribution in [3.63, 3.8) is 0 Å². The molecule has 0 unspecified atom stereocenters. The maximum Gasteiger partial charge on any atom is 0.226 e. The molecular formula is C17H15FN4OS. The lowest BCUT2D eigenvalue weighted by Gasteiger charge is -2.03. The molecule has 0 radical (unpaired) electrons. The number of carbonyl (C=O) groups is 1. The van der Waals surface area contributed by atoms with E-state index in [1.165, 1.54) is 12.1 Å². The van der Waals surface area contributed by atoms with Crippen molar-refractivity contribution in [3.8, 4) is 0 Å². The molecule has 1 aromatic carbocycles. The van der Waals surface area contributed by atoms with E-state index in [2.05, 4.69) is 15.3 Å². The molecule has 7 heteroatoms. The molecule has 0 atom stereocenters. The molecule has 3 heterocycles. The third-order valence-electron chi connectivity index (χ3n) is 3.93. The molecule has 2 N–H and O–H groups in total. The van der Waals surface area contributed by atoms with Crippen molar-refractivity contribution in [3.05, 3.63) is 59.2 Å². The zero-order valence-electron chi connectivity index (χ0n) is 12.8. The molecular weight excluding hydrogens is 327 g/mol. The summed E-state index contributed by atoms with van der Waals surface area (Å²) >= 11 is 1.54. The van der Waals surface area contributed by atoms with Gasteiger partial charge < -0.3 is 10.3 Å². The Balaban J connectivity index is 1.34. The second-order valence-corrected chi connectivity index (χ2v) is 6.48. The Morgan fingerprint density at radius 1 is 1.42 bits per heavy atom. The second-order valence-electron chi connectivity index (χ2n) is 5.61. The van der Waals surface area contributed by atoms with E-state index in [9.17, 15) is 9.18 Å². The Morgan fingerprint density at radius 3 is 3.21 bits per heavy atom. The minimum atomic E-state index is -0.260. The van der Waals surface area contributed by atoms with Gasteiger partial charge in [-0.15, -0.1) is 11.3 Å². The van der Waals surface area contributed by atoms with E-state index in [4.69, 9.17) is 0 Å². The zero-order valence-corrected chi connectivity index (χ0v) is 13.6. The van der Waals surface area contributed by atoms with E-state index in [0.29, 0.717) is 13.0 Å². The number of carbonyl (C=O) groups excluding carboxylic acids is 1. The first-order chi connectivity index (χ1) is 11.7. The van der Waals surface area contributed by atoms with Gasteiger partial charge in [0.05, 0.1) is 12.1 Å². The molecule has 0 spiro atoms. The van der Waals surface area contributed by atoms with E-state index < -0.39 is 0 Å². The fraction of sp³-hybridized carbons (Fsp3) is 0.176. The van der Waals surface area contributed by atoms with Crippen molar-refractivity contribution in [2.75, 3.05) is 6.54 Å². The number of halogens is 1. The number of aromatic amines is 1. The number of hydrogen-bond donors (Lipinski definition) is 2. The molecule has 0 bridgehead atoms. The van der Waals surface area contributed by atoms with E-state index in [1.807, 2.05) is 28.4 Å². The average Bonchev–Trinajstić information content (AvgIpc) is 3.22. The van der Waals surface area contributed by atoms with Crippen LogP contribution >= 0.6 is 11.3 Å². The topological polar surface area (TPSA) is 62.2 Å². The Bertz CT molecular complexity index is 988. The summed E-state index contributed by atoms with van der Waals surface area (Å²) in [6, 6.07) is 4.68. The van der Waals surface area contributed by atoms with Crippen LogP contribution in [0.2, 0.25) is 0 Å². The fourth-order valence-corrected chi connectivity index (χ4v) is 3.51. The van der Waals surface area contributed by atoms with Crippen molar-refractivity contribution in [1.82, 2.24) is 19.7 Å². The van der Waals surface area contributed by atoms with Crippen molar-refractivity contribution in [1.29, 1.82) is 0 Å². The molecule has 4 aromatic rings. The molecule has 0 saturated heterocycles. The minimum Gasteiger partial charge on any atom is -0.361 e. The van der Waals surface area contributed by atoms with E-state index >= 15 is 0 Å². The van der Waals surface area contributed by atoms with Crippen LogP contribution in [0, 0.1) is 5.82 Å². The molecule has 0 saturated carbocycles. The minimum absolute atomic E-state index is 0.0494. The quantitative estimate of drug-likeness (QED) is 0.586. The van der Waals surface area contributed by atoms with Gasteiger partial charge in [0.2, 0.25) is 5.91 Å². The SMILES string of the molecule is O=C(Cc1cn2ccsc2n1)NCCc1c[nH]c2cc(F)ccc12. The standard InChI is InChI=1S/C17H15FN4OS/c18-12-1-2-14-11(9-20-15(14)7-12)3-4-19-16(23)8-13-10-22-5-6-24-17(22)21-13/h1-2,5-7,9-10,20H,3-4,8H2,(H,19,23). The molecule has 122 valence electrons. The highest BCUT2D eigenvalue weighted by Gasteiger charge is 2.09. The highest BCUT2D eigenvalue weighted by atomic mass is 32.1. The maximum absolute atomic E-state index is 13.2. The predicted molar refractivity (Wildman–Crippen MR) is 91.7 cm³/mol. The van der Waals surface area contributed by atoms with Gasteiger partial charge >= 0.3 is 0 Å². The normalized spacial score (nSPS) is 11.4. The van der Waals surface area contributed by atoms with Gasteiger partial charge in [0.1, 0.15) is 5.82 Å². The van der Waals surface area contributed by atoms with Gasteiger partial charge in [0.15, 0.2) is 4.96 Å². The number of hydrogen-bond acceptors (Lipinski definition) is 3. The van der Waals surface area contributed by atoms with Gasteiger partial charge in [-0.25, -0.2) is 9.37 Å². The molecule has 4 rings (SSSR count). The highest BCUT2D eigenvalue weighted by Crippen LogP contribution is 2.19. The summed E-state index contributed by atoms with van der Waals surface area (Å²) in [6.07, 6.45) is 6.62. The smallest absolute Gasteiger partial charge is 0.226 e. The fourth-order valence-electron chi connectivity index (χ4n) is 2.79. The van der Waals surface area contributed by atoms with Crippen LogP contribution in [-0.2, 0) is 17.6 Å². The summed E-state index contributed by atoms with van der Waals surface area (Å²) in [6.45, 7) is 0.533. The monoisotopic (exact) mass is 342 g/mol. The summed E-state index contributed by atoms with van der Waals surface area (Å²) in [4.78, 5) is 20.4. The first kappa shape index (κ1) is 14.9. The first-order valence-electron chi connectivity index (χ1n) is 7.62. The van der Waals surface area contributed by atoms with Crippen LogP contribution in [0.1, 0.15) is 11.3 Å². The summed E-state index contributed by atoms with van der Waals surface area (Å²) < 4.78 is 15.1. The number of aromatic nitrogens is 3. The van der Waals surface area contributed by atoms with Crippen molar-refractivity contribution in [2.45, 2.75) is 12.8 Å². The van der Waals surface area contributed by atoms with Crippen molar-refractivity contribution >= 4 is 33.1 Å². The maximum atomic E-state index is 13.2. The lowest BCUT2D eigenvalue weighted by Crippen LogP contribution is -2.27. The summed E-state index contributed by atoms with van der Waals surface area (Å²) in [5, 5.41) is 5.85. The number of nitrogens with zero attached hydrogens (tertiary/aromatic N) is 2. The molecule has 24 heavy (non-hydrogen) atoms. The highest BCUT2D eigenvalue weighted by molar-refractivity contribution is 7.15. The summed E-state index contributed by atoms with van der Waals surface area (Å²) in [7, 11) is 0. The van der Waals surface area contributed by atoms with Gasteiger partial charge in [-0.2, -0.15) is 0 Å². The number of fused-ring (bicyclic) bond motifs is 2. The van der Waals surface area contributed by atoms with Gasteiger partial charge in [0.25, 0.3) is 0 Å². The lowest BCUT2D eigenvalue weighted by molar-refractivity contribution is -0.120. The van der Waals surface area contributed by atoms with E-state index in [0.717, 1.165) is 27.1 Å². The molecule has 0 aliphatic carbocycles.